The summed E-state index contributed by atoms with van der Waals surface area (Å²) < 4.78 is 41.4. The Balaban J connectivity index is 1.44. The zero-order valence-corrected chi connectivity index (χ0v) is 37.3. The number of rotatable bonds is 24. The van der Waals surface area contributed by atoms with Crippen molar-refractivity contribution in [1.82, 2.24) is 4.90 Å². The molecular weight excluding hydrogens is 842 g/mol. The fourth-order valence-corrected chi connectivity index (χ4v) is 9.86. The second-order valence-electron chi connectivity index (χ2n) is 16.9. The van der Waals surface area contributed by atoms with Gasteiger partial charge in [0.05, 0.1) is 49.7 Å². The number of nitriles is 1. The number of nitrogens with zero attached hydrogens (tertiary/aromatic N) is 3. The lowest BCUT2D eigenvalue weighted by Gasteiger charge is -2.60. The largest absolute Gasteiger partial charge is 0.489 e. The van der Waals surface area contributed by atoms with Gasteiger partial charge in [0.2, 0.25) is 5.79 Å². The van der Waals surface area contributed by atoms with Crippen LogP contribution < -0.4 is 9.47 Å². The highest BCUT2D eigenvalue weighted by Crippen LogP contribution is 2.62. The first-order valence-corrected chi connectivity index (χ1v) is 23.0. The molecule has 3 N–H and O–H groups in total. The van der Waals surface area contributed by atoms with Crippen LogP contribution in [-0.4, -0.2) is 89.9 Å². The van der Waals surface area contributed by atoms with Crippen molar-refractivity contribution in [3.8, 4) is 17.6 Å². The molecule has 13 heteroatoms. The predicted octanol–water partition coefficient (Wildman–Crippen LogP) is 8.26. The van der Waals surface area contributed by atoms with E-state index in [4.69, 9.17) is 28.9 Å². The lowest BCUT2D eigenvalue weighted by Crippen LogP contribution is -2.70. The Morgan fingerprint density at radius 3 is 2.41 bits per heavy atom. The molecule has 4 aromatic carbocycles. The van der Waals surface area contributed by atoms with Gasteiger partial charge in [-0.1, -0.05) is 78.7 Å². The van der Waals surface area contributed by atoms with Gasteiger partial charge in [0.25, 0.3) is 5.91 Å². The maximum Gasteiger partial charge on any atom is 0.254 e. The van der Waals surface area contributed by atoms with E-state index in [1.165, 1.54) is 6.07 Å². The number of carbonyl (C=O) groups is 1. The third kappa shape index (κ3) is 11.0. The van der Waals surface area contributed by atoms with Gasteiger partial charge in [-0.15, -0.1) is 6.58 Å². The van der Waals surface area contributed by atoms with Crippen LogP contribution in [0, 0.1) is 34.9 Å². The number of unbranched alkanes of at least 4 members (excludes halogenated alkanes) is 2. The minimum atomic E-state index is -1.55. The summed E-state index contributed by atoms with van der Waals surface area (Å²) in [7, 11) is 0. The summed E-state index contributed by atoms with van der Waals surface area (Å²) in [4.78, 5) is 23.0. The normalized spacial score (nSPS) is 22.3. The van der Waals surface area contributed by atoms with Crippen molar-refractivity contribution in [3.63, 3.8) is 0 Å². The molecule has 4 aromatic rings. The van der Waals surface area contributed by atoms with Gasteiger partial charge in [0.15, 0.2) is 0 Å². The van der Waals surface area contributed by atoms with Gasteiger partial charge in [-0.25, -0.2) is 4.39 Å². The Hall–Kier alpha value is -5.88. The van der Waals surface area contributed by atoms with E-state index in [0.29, 0.717) is 46.7 Å². The van der Waals surface area contributed by atoms with E-state index in [2.05, 4.69) is 18.7 Å². The molecule has 6 unspecified atom stereocenters. The van der Waals surface area contributed by atoms with Gasteiger partial charge in [-0.2, -0.15) is 5.26 Å². The second-order valence-corrected chi connectivity index (χ2v) is 16.9. The lowest BCUT2D eigenvalue weighted by molar-refractivity contribution is -0.254. The fourth-order valence-electron chi connectivity index (χ4n) is 9.86. The number of amides is 1. The van der Waals surface area contributed by atoms with Crippen LogP contribution in [0.4, 0.5) is 4.39 Å². The number of aliphatic hydroxyl groups is 3. The van der Waals surface area contributed by atoms with Gasteiger partial charge < -0.3 is 44.0 Å². The number of fused-ring (bicyclic) bond motifs is 2. The van der Waals surface area contributed by atoms with Crippen LogP contribution in [0.3, 0.4) is 0 Å². The van der Waals surface area contributed by atoms with E-state index in [0.717, 1.165) is 42.4 Å². The van der Waals surface area contributed by atoms with Crippen LogP contribution in [0.15, 0.2) is 127 Å². The van der Waals surface area contributed by atoms with Crippen molar-refractivity contribution in [2.24, 2.45) is 22.9 Å². The molecular formula is C53H60FN3O9. The molecule has 348 valence electrons. The smallest absolute Gasteiger partial charge is 0.254 e. The summed E-state index contributed by atoms with van der Waals surface area (Å²) in [5.41, 5.74) is 4.44. The molecule has 2 aliphatic carbocycles. The number of halogens is 1. The zero-order chi connectivity index (χ0) is 46.3. The predicted molar refractivity (Wildman–Crippen MR) is 247 cm³/mol. The van der Waals surface area contributed by atoms with Crippen molar-refractivity contribution in [2.75, 3.05) is 46.2 Å². The van der Waals surface area contributed by atoms with E-state index < -0.39 is 17.7 Å². The van der Waals surface area contributed by atoms with Crippen molar-refractivity contribution in [3.05, 3.63) is 155 Å². The maximum absolute atomic E-state index is 15.1. The van der Waals surface area contributed by atoms with Crippen LogP contribution in [0.1, 0.15) is 83.5 Å². The molecule has 0 bridgehead atoms. The third-order valence-electron chi connectivity index (χ3n) is 12.9. The molecule has 1 fully saturated rings. The number of hydrogen-bond donors (Lipinski definition) is 3. The molecule has 0 spiro atoms. The Morgan fingerprint density at radius 1 is 0.924 bits per heavy atom. The van der Waals surface area contributed by atoms with Gasteiger partial charge in [-0.05, 0) is 97.2 Å². The standard InChI is InChI=1S/C53H60FN3O9/c1-2-28-64-53-49(57(24-29-62-30-27-60)52(61)39-20-18-37(34-55)19-21-39)33-47(56-65-35-38-12-4-3-5-13-38)44-31-40(14-8-10-25-58)43(16-9-11-26-59)50(51(44)53)45-32-42(22-23-48(45)66-53)63-36-41-15-6-7-17-46(41)54/h2-7,12-13,15,17-23,31-32,40,43,49-51,58-60H,1,8-11,14,16,24-30,33,35-36H2. The van der Waals surface area contributed by atoms with Crippen molar-refractivity contribution >= 4 is 11.6 Å². The number of hydrogen-bond acceptors (Lipinski definition) is 11. The molecule has 7 rings (SSSR count). The molecule has 1 heterocycles. The molecule has 12 nitrogen and oxygen atoms in total. The van der Waals surface area contributed by atoms with Crippen LogP contribution in [0.2, 0.25) is 0 Å². The SMILES string of the molecule is C=CCOC12Oc3ccc(OCc4ccccc4F)cc3C3C(CCCCO)C(CCCCO)C=C(C(=NOCc4ccccc4)CC1N(CCOCCO)C(=O)c1ccc(C#N)cc1)C32. The molecule has 3 aliphatic rings. The van der Waals surface area contributed by atoms with Crippen LogP contribution >= 0.6 is 0 Å². The van der Waals surface area contributed by atoms with Crippen LogP contribution in [0.5, 0.6) is 11.5 Å². The van der Waals surface area contributed by atoms with Gasteiger partial charge >= 0.3 is 0 Å². The fraction of sp³-hybridized carbons (Fsp3) is 0.415. The summed E-state index contributed by atoms with van der Waals surface area (Å²) in [6, 6.07) is 29.6. The van der Waals surface area contributed by atoms with E-state index in [9.17, 15) is 25.0 Å². The Labute approximate surface area is 386 Å². The highest BCUT2D eigenvalue weighted by Gasteiger charge is 2.65. The number of oxime groups is 1. The van der Waals surface area contributed by atoms with E-state index in [1.807, 2.05) is 42.5 Å². The Kier molecular flexibility index (Phi) is 17.1. The van der Waals surface area contributed by atoms with Crippen molar-refractivity contribution < 1.29 is 48.3 Å². The minimum absolute atomic E-state index is 0.00308. The number of allylic oxidation sites excluding steroid dienone is 1. The Morgan fingerprint density at radius 2 is 1.68 bits per heavy atom. The van der Waals surface area contributed by atoms with E-state index in [1.54, 1.807) is 59.5 Å². The van der Waals surface area contributed by atoms with Crippen LogP contribution in [0.25, 0.3) is 0 Å². The van der Waals surface area contributed by atoms with E-state index in [-0.39, 0.29) is 95.3 Å². The molecule has 0 radical (unpaired) electrons. The summed E-state index contributed by atoms with van der Waals surface area (Å²) in [6.45, 7) is 4.44. The molecule has 6 atom stereocenters. The monoisotopic (exact) mass is 901 g/mol. The average Bonchev–Trinajstić information content (AvgIpc) is 3.34. The summed E-state index contributed by atoms with van der Waals surface area (Å²) in [5.74, 6) is -2.16. The molecule has 0 aromatic heterocycles. The van der Waals surface area contributed by atoms with Gasteiger partial charge in [0, 0.05) is 48.8 Å². The van der Waals surface area contributed by atoms with Gasteiger partial charge in [0.1, 0.15) is 36.6 Å². The molecule has 1 aliphatic heterocycles. The number of benzene rings is 4. The molecule has 66 heavy (non-hydrogen) atoms. The molecule has 0 saturated heterocycles. The topological polar surface area (TPSA) is 163 Å². The minimum Gasteiger partial charge on any atom is -0.489 e. The third-order valence-corrected chi connectivity index (χ3v) is 12.9. The van der Waals surface area contributed by atoms with E-state index >= 15 is 4.79 Å². The Bertz CT molecular complexity index is 2330. The highest BCUT2D eigenvalue weighted by atomic mass is 19.1. The maximum atomic E-state index is 15.1. The second kappa shape index (κ2) is 23.5. The first kappa shape index (κ1) is 48.1. The summed E-state index contributed by atoms with van der Waals surface area (Å²) in [6.07, 6.45) is 8.33. The number of carbonyl (C=O) groups excluding carboxylic acids is 1. The quantitative estimate of drug-likeness (QED) is 0.0355. The first-order valence-electron chi connectivity index (χ1n) is 23.0. The van der Waals surface area contributed by atoms with Crippen molar-refractivity contribution in [1.29, 1.82) is 5.26 Å². The summed E-state index contributed by atoms with van der Waals surface area (Å²) >= 11 is 0. The first-order chi connectivity index (χ1) is 32.3. The van der Waals surface area contributed by atoms with Crippen molar-refractivity contribution in [2.45, 2.75) is 75.9 Å². The van der Waals surface area contributed by atoms with Crippen LogP contribution in [-0.2, 0) is 27.5 Å². The number of aliphatic hydroxyl groups excluding tert-OH is 3. The molecule has 1 saturated carbocycles. The van der Waals surface area contributed by atoms with Gasteiger partial charge in [-0.3, -0.25) is 4.79 Å². The summed E-state index contributed by atoms with van der Waals surface area (Å²) in [5, 5.41) is 44.1. The highest BCUT2D eigenvalue weighted by molar-refractivity contribution is 6.03. The lowest BCUT2D eigenvalue weighted by atomic mass is 9.55. The molecule has 1 amide bonds. The number of ether oxygens (including phenoxy) is 4. The average molecular weight is 902 g/mol. The zero-order valence-electron chi connectivity index (χ0n) is 37.3.